The maximum atomic E-state index is 11.8. The average Bonchev–Trinajstić information content (AvgIpc) is 2.62. The molecule has 1 aromatic heterocycles. The molecule has 0 spiro atoms. The van der Waals surface area contributed by atoms with Crippen LogP contribution in [0, 0.1) is 0 Å². The van der Waals surface area contributed by atoms with Crippen LogP contribution in [0.1, 0.15) is 11.8 Å². The van der Waals surface area contributed by atoms with Gasteiger partial charge in [-0.3, -0.25) is 4.79 Å². The Balaban J connectivity index is 0.00000256. The van der Waals surface area contributed by atoms with Crippen LogP contribution in [0.25, 0.3) is 0 Å². The predicted octanol–water partition coefficient (Wildman–Crippen LogP) is 2.69. The van der Waals surface area contributed by atoms with Crippen LogP contribution in [0.4, 0.5) is 0 Å². The first kappa shape index (κ1) is 16.4. The summed E-state index contributed by atoms with van der Waals surface area (Å²) in [6, 6.07) is 3.25. The number of hydrogen-bond acceptors (Lipinski definition) is 3. The molecule has 0 aromatic carbocycles. The third kappa shape index (κ3) is 5.08. The third-order valence-corrected chi connectivity index (χ3v) is 3.24. The lowest BCUT2D eigenvalue weighted by atomic mass is 10.3. The van der Waals surface area contributed by atoms with Gasteiger partial charge in [0.15, 0.2) is 0 Å². The minimum Gasteiger partial charge on any atom is -0.333 e. The molecule has 1 heterocycles. The second kappa shape index (κ2) is 7.71. The maximum Gasteiger partial charge on any atom is 0.239 e. The SMILES string of the molecule is C=CCN(Cc1ccc(Cl)s1)C(=O)C(C)N.Cl. The molecule has 0 saturated carbocycles. The molecule has 0 aliphatic carbocycles. The Morgan fingerprint density at radius 3 is 2.76 bits per heavy atom. The van der Waals surface area contributed by atoms with Crippen molar-refractivity contribution in [1.29, 1.82) is 0 Å². The number of nitrogens with zero attached hydrogens (tertiary/aromatic N) is 1. The zero-order valence-electron chi connectivity index (χ0n) is 9.56. The highest BCUT2D eigenvalue weighted by Crippen LogP contribution is 2.22. The molecule has 1 amide bonds. The molecule has 0 bridgehead atoms. The van der Waals surface area contributed by atoms with Crippen LogP contribution in [0.2, 0.25) is 4.34 Å². The highest BCUT2D eigenvalue weighted by Gasteiger charge is 2.17. The van der Waals surface area contributed by atoms with Crippen molar-refractivity contribution in [3.8, 4) is 0 Å². The van der Waals surface area contributed by atoms with Gasteiger partial charge in [-0.1, -0.05) is 17.7 Å². The molecule has 0 radical (unpaired) electrons. The lowest BCUT2D eigenvalue weighted by Gasteiger charge is -2.22. The summed E-state index contributed by atoms with van der Waals surface area (Å²) >= 11 is 7.30. The Morgan fingerprint density at radius 1 is 1.71 bits per heavy atom. The lowest BCUT2D eigenvalue weighted by Crippen LogP contribution is -2.41. The third-order valence-electron chi connectivity index (χ3n) is 2.03. The highest BCUT2D eigenvalue weighted by molar-refractivity contribution is 7.16. The Bertz CT molecular complexity index is 379. The van der Waals surface area contributed by atoms with Crippen molar-refractivity contribution in [1.82, 2.24) is 4.90 Å². The predicted molar refractivity (Wildman–Crippen MR) is 75.8 cm³/mol. The van der Waals surface area contributed by atoms with E-state index in [0.29, 0.717) is 13.1 Å². The molecule has 2 N–H and O–H groups in total. The Morgan fingerprint density at radius 2 is 2.35 bits per heavy atom. The summed E-state index contributed by atoms with van der Waals surface area (Å²) in [5.41, 5.74) is 5.58. The van der Waals surface area contributed by atoms with Crippen LogP contribution in [0.5, 0.6) is 0 Å². The molecule has 6 heteroatoms. The molecule has 1 unspecified atom stereocenters. The molecule has 1 rings (SSSR count). The maximum absolute atomic E-state index is 11.8. The first-order valence-electron chi connectivity index (χ1n) is 4.94. The molecule has 96 valence electrons. The van der Waals surface area contributed by atoms with Gasteiger partial charge in [-0.15, -0.1) is 30.3 Å². The summed E-state index contributed by atoms with van der Waals surface area (Å²) in [6.45, 7) is 6.34. The summed E-state index contributed by atoms with van der Waals surface area (Å²) in [5, 5.41) is 0. The van der Waals surface area contributed by atoms with E-state index < -0.39 is 6.04 Å². The molecule has 1 aromatic rings. The zero-order chi connectivity index (χ0) is 12.1. The molecular weight excluding hydrogens is 279 g/mol. The van der Waals surface area contributed by atoms with Gasteiger partial charge in [-0.05, 0) is 19.1 Å². The van der Waals surface area contributed by atoms with E-state index in [0.717, 1.165) is 9.21 Å². The second-order valence-corrected chi connectivity index (χ2v) is 5.30. The number of carbonyl (C=O) groups excluding carboxylic acids is 1. The van der Waals surface area contributed by atoms with Crippen LogP contribution in [-0.4, -0.2) is 23.4 Å². The van der Waals surface area contributed by atoms with E-state index in [9.17, 15) is 4.79 Å². The van der Waals surface area contributed by atoms with Gasteiger partial charge in [0.05, 0.1) is 16.9 Å². The molecule has 0 fully saturated rings. The van der Waals surface area contributed by atoms with Gasteiger partial charge in [0.1, 0.15) is 0 Å². The minimum atomic E-state index is -0.490. The van der Waals surface area contributed by atoms with Crippen molar-refractivity contribution in [2.75, 3.05) is 6.54 Å². The number of thiophene rings is 1. The quantitative estimate of drug-likeness (QED) is 0.849. The van der Waals surface area contributed by atoms with Gasteiger partial charge in [0.2, 0.25) is 5.91 Å². The molecule has 0 aliphatic rings. The number of carbonyl (C=O) groups is 1. The fraction of sp³-hybridized carbons (Fsp3) is 0.364. The van der Waals surface area contributed by atoms with Gasteiger partial charge >= 0.3 is 0 Å². The summed E-state index contributed by atoms with van der Waals surface area (Å²) in [7, 11) is 0. The summed E-state index contributed by atoms with van der Waals surface area (Å²) in [4.78, 5) is 14.5. The van der Waals surface area contributed by atoms with Crippen LogP contribution >= 0.6 is 35.3 Å². The van der Waals surface area contributed by atoms with Crippen molar-refractivity contribution in [3.63, 3.8) is 0 Å². The second-order valence-electron chi connectivity index (χ2n) is 3.50. The summed E-state index contributed by atoms with van der Waals surface area (Å²) in [6.07, 6.45) is 1.69. The van der Waals surface area contributed by atoms with E-state index in [1.54, 1.807) is 17.9 Å². The van der Waals surface area contributed by atoms with Gasteiger partial charge in [0, 0.05) is 11.4 Å². The van der Waals surface area contributed by atoms with E-state index >= 15 is 0 Å². The number of nitrogens with two attached hydrogens (primary N) is 1. The largest absolute Gasteiger partial charge is 0.333 e. The molecular formula is C11H16Cl2N2OS. The van der Waals surface area contributed by atoms with Crippen molar-refractivity contribution in [2.24, 2.45) is 5.73 Å². The summed E-state index contributed by atoms with van der Waals surface area (Å²) < 4.78 is 0.724. The molecule has 0 aliphatic heterocycles. The van der Waals surface area contributed by atoms with E-state index in [4.69, 9.17) is 17.3 Å². The van der Waals surface area contributed by atoms with E-state index in [-0.39, 0.29) is 18.3 Å². The number of rotatable bonds is 5. The standard InChI is InChI=1S/C11H15ClN2OS.ClH/c1-3-6-14(11(15)8(2)13)7-9-4-5-10(12)16-9;/h3-5,8H,1,6-7,13H2,2H3;1H. The Hall–Kier alpha value is -0.550. The van der Waals surface area contributed by atoms with Gasteiger partial charge in [-0.25, -0.2) is 0 Å². The smallest absolute Gasteiger partial charge is 0.239 e. The molecule has 17 heavy (non-hydrogen) atoms. The van der Waals surface area contributed by atoms with Crippen molar-refractivity contribution in [3.05, 3.63) is 34.0 Å². The monoisotopic (exact) mass is 294 g/mol. The van der Waals surface area contributed by atoms with Crippen molar-refractivity contribution >= 4 is 41.3 Å². The fourth-order valence-electron chi connectivity index (χ4n) is 1.30. The zero-order valence-corrected chi connectivity index (χ0v) is 11.9. The molecule has 0 saturated heterocycles. The van der Waals surface area contributed by atoms with Crippen LogP contribution in [-0.2, 0) is 11.3 Å². The van der Waals surface area contributed by atoms with Crippen LogP contribution < -0.4 is 5.73 Å². The first-order chi connectivity index (χ1) is 7.54. The Kier molecular flexibility index (Phi) is 7.46. The highest BCUT2D eigenvalue weighted by atomic mass is 35.5. The topological polar surface area (TPSA) is 46.3 Å². The first-order valence-corrected chi connectivity index (χ1v) is 6.13. The summed E-state index contributed by atoms with van der Waals surface area (Å²) in [5.74, 6) is -0.0792. The molecule has 3 nitrogen and oxygen atoms in total. The van der Waals surface area contributed by atoms with Gasteiger partial charge < -0.3 is 10.6 Å². The lowest BCUT2D eigenvalue weighted by molar-refractivity contribution is -0.132. The van der Waals surface area contributed by atoms with E-state index in [1.165, 1.54) is 11.3 Å². The van der Waals surface area contributed by atoms with Crippen LogP contribution in [0.3, 0.4) is 0 Å². The number of hydrogen-bond donors (Lipinski definition) is 1. The van der Waals surface area contributed by atoms with Crippen molar-refractivity contribution in [2.45, 2.75) is 19.5 Å². The fourth-order valence-corrected chi connectivity index (χ4v) is 2.40. The van der Waals surface area contributed by atoms with Crippen molar-refractivity contribution < 1.29 is 4.79 Å². The number of amides is 1. The number of halogens is 2. The minimum absolute atomic E-state index is 0. The molecule has 1 atom stereocenters. The van der Waals surface area contributed by atoms with E-state index in [2.05, 4.69) is 6.58 Å². The normalized spacial score (nSPS) is 11.5. The van der Waals surface area contributed by atoms with Crippen LogP contribution in [0.15, 0.2) is 24.8 Å². The average molecular weight is 295 g/mol. The van der Waals surface area contributed by atoms with E-state index in [1.807, 2.05) is 12.1 Å². The van der Waals surface area contributed by atoms with Gasteiger partial charge in [0.25, 0.3) is 0 Å². The van der Waals surface area contributed by atoms with Gasteiger partial charge in [-0.2, -0.15) is 0 Å². The Labute approximate surface area is 117 Å².